The first kappa shape index (κ1) is 21.9. The molecule has 0 aliphatic rings. The number of rotatable bonds is 8. The second-order valence-electron chi connectivity index (χ2n) is 6.01. The van der Waals surface area contributed by atoms with Crippen LogP contribution in [0.1, 0.15) is 13.8 Å². The Balaban J connectivity index is 1.98. The van der Waals surface area contributed by atoms with E-state index in [1.54, 1.807) is 24.3 Å². The summed E-state index contributed by atoms with van der Waals surface area (Å²) in [6.07, 6.45) is 0. The van der Waals surface area contributed by atoms with Crippen LogP contribution in [0, 0.1) is 11.3 Å². The molecule has 0 aliphatic heterocycles. The number of hydrogen-bond donors (Lipinski definition) is 3. The molecule has 9 nitrogen and oxygen atoms in total. The van der Waals surface area contributed by atoms with Crippen molar-refractivity contribution in [1.82, 2.24) is 4.72 Å². The summed E-state index contributed by atoms with van der Waals surface area (Å²) in [5.41, 5.74) is 0.912. The Morgan fingerprint density at radius 1 is 1.03 bits per heavy atom. The number of nitriles is 1. The first-order valence-electron chi connectivity index (χ1n) is 8.52. The second-order valence-corrected chi connectivity index (χ2v) is 7.72. The Hall–Kier alpha value is -3.42. The SMILES string of the molecule is CC(=O)Nc1ccc(S(=O)(=O)NC(C)C(=O)Nc2ccc(OCC#N)cc2)cc1. The molecule has 0 heterocycles. The third-order valence-electron chi connectivity index (χ3n) is 3.64. The van der Waals surface area contributed by atoms with Crippen molar-refractivity contribution >= 4 is 33.2 Å². The van der Waals surface area contributed by atoms with E-state index in [-0.39, 0.29) is 17.4 Å². The molecule has 0 aliphatic carbocycles. The van der Waals surface area contributed by atoms with Gasteiger partial charge in [0.25, 0.3) is 0 Å². The molecule has 0 saturated heterocycles. The molecule has 0 bridgehead atoms. The van der Waals surface area contributed by atoms with Gasteiger partial charge in [0.05, 0.1) is 10.9 Å². The average molecular weight is 416 g/mol. The Labute approximate surface area is 168 Å². The number of ether oxygens (including phenoxy) is 1. The number of nitrogens with one attached hydrogen (secondary N) is 3. The van der Waals surface area contributed by atoms with Gasteiger partial charge in [0, 0.05) is 18.3 Å². The van der Waals surface area contributed by atoms with Crippen molar-refractivity contribution in [2.24, 2.45) is 0 Å². The maximum absolute atomic E-state index is 12.5. The largest absolute Gasteiger partial charge is 0.479 e. The van der Waals surface area contributed by atoms with Gasteiger partial charge in [-0.1, -0.05) is 0 Å². The molecular weight excluding hydrogens is 396 g/mol. The van der Waals surface area contributed by atoms with Crippen LogP contribution in [0.25, 0.3) is 0 Å². The molecule has 29 heavy (non-hydrogen) atoms. The van der Waals surface area contributed by atoms with Crippen LogP contribution >= 0.6 is 0 Å². The molecule has 3 N–H and O–H groups in total. The Morgan fingerprint density at radius 3 is 2.14 bits per heavy atom. The highest BCUT2D eigenvalue weighted by atomic mass is 32.2. The quantitative estimate of drug-likeness (QED) is 0.600. The van der Waals surface area contributed by atoms with E-state index in [9.17, 15) is 18.0 Å². The van der Waals surface area contributed by atoms with Crippen molar-refractivity contribution in [3.05, 3.63) is 48.5 Å². The van der Waals surface area contributed by atoms with Crippen LogP contribution in [-0.4, -0.2) is 32.9 Å². The molecule has 0 saturated carbocycles. The fourth-order valence-electron chi connectivity index (χ4n) is 2.28. The third kappa shape index (κ3) is 6.60. The Morgan fingerprint density at radius 2 is 1.59 bits per heavy atom. The summed E-state index contributed by atoms with van der Waals surface area (Å²) in [6, 6.07) is 12.7. The molecule has 0 spiro atoms. The summed E-state index contributed by atoms with van der Waals surface area (Å²) in [6.45, 7) is 2.68. The number of benzene rings is 2. The minimum Gasteiger partial charge on any atom is -0.479 e. The predicted molar refractivity (Wildman–Crippen MR) is 107 cm³/mol. The van der Waals surface area contributed by atoms with Gasteiger partial charge in [0.1, 0.15) is 11.8 Å². The van der Waals surface area contributed by atoms with Gasteiger partial charge >= 0.3 is 0 Å². The molecule has 2 aromatic rings. The normalized spacial score (nSPS) is 11.8. The van der Waals surface area contributed by atoms with Crippen molar-refractivity contribution in [3.8, 4) is 11.8 Å². The summed E-state index contributed by atoms with van der Waals surface area (Å²) < 4.78 is 32.3. The molecule has 0 aromatic heterocycles. The predicted octanol–water partition coefficient (Wildman–Crippen LogP) is 1.85. The summed E-state index contributed by atoms with van der Waals surface area (Å²) in [7, 11) is -3.93. The molecule has 10 heteroatoms. The Kier molecular flexibility index (Phi) is 7.30. The minimum absolute atomic E-state index is 0.0368. The second kappa shape index (κ2) is 9.68. The number of nitrogens with zero attached hydrogens (tertiary/aromatic N) is 1. The van der Waals surface area contributed by atoms with Gasteiger partial charge in [-0.15, -0.1) is 0 Å². The van der Waals surface area contributed by atoms with Gasteiger partial charge in [0.2, 0.25) is 21.8 Å². The number of carbonyl (C=O) groups is 2. The van der Waals surface area contributed by atoms with E-state index in [2.05, 4.69) is 15.4 Å². The number of anilines is 2. The highest BCUT2D eigenvalue weighted by molar-refractivity contribution is 7.89. The maximum Gasteiger partial charge on any atom is 0.242 e. The van der Waals surface area contributed by atoms with Crippen molar-refractivity contribution in [3.63, 3.8) is 0 Å². The zero-order valence-electron chi connectivity index (χ0n) is 15.8. The molecule has 152 valence electrons. The first-order valence-corrected chi connectivity index (χ1v) is 10.0. The smallest absolute Gasteiger partial charge is 0.242 e. The lowest BCUT2D eigenvalue weighted by molar-refractivity contribution is -0.117. The summed E-state index contributed by atoms with van der Waals surface area (Å²) in [5, 5.41) is 13.6. The lowest BCUT2D eigenvalue weighted by atomic mass is 10.2. The van der Waals surface area contributed by atoms with Crippen LogP contribution in [0.15, 0.2) is 53.4 Å². The van der Waals surface area contributed by atoms with Gasteiger partial charge in [0.15, 0.2) is 6.61 Å². The van der Waals surface area contributed by atoms with Gasteiger partial charge in [-0.2, -0.15) is 9.98 Å². The molecule has 0 radical (unpaired) electrons. The van der Waals surface area contributed by atoms with E-state index in [4.69, 9.17) is 10.00 Å². The van der Waals surface area contributed by atoms with Gasteiger partial charge < -0.3 is 15.4 Å². The molecule has 1 atom stereocenters. The summed E-state index contributed by atoms with van der Waals surface area (Å²) in [5.74, 6) is -0.344. The molecule has 2 aromatic carbocycles. The van der Waals surface area contributed by atoms with Crippen LogP contribution in [0.4, 0.5) is 11.4 Å². The number of carbonyl (C=O) groups excluding carboxylic acids is 2. The third-order valence-corrected chi connectivity index (χ3v) is 5.19. The molecule has 2 rings (SSSR count). The van der Waals surface area contributed by atoms with Gasteiger partial charge in [-0.05, 0) is 55.5 Å². The van der Waals surface area contributed by atoms with E-state index in [1.807, 2.05) is 6.07 Å². The van der Waals surface area contributed by atoms with Crippen LogP contribution in [0.5, 0.6) is 5.75 Å². The monoisotopic (exact) mass is 416 g/mol. The van der Waals surface area contributed by atoms with Crippen molar-refractivity contribution in [1.29, 1.82) is 5.26 Å². The molecular formula is C19H20N4O5S. The average Bonchev–Trinajstić information content (AvgIpc) is 2.67. The van der Waals surface area contributed by atoms with Crippen LogP contribution < -0.4 is 20.1 Å². The highest BCUT2D eigenvalue weighted by Gasteiger charge is 2.22. The van der Waals surface area contributed by atoms with Crippen molar-refractivity contribution in [2.45, 2.75) is 24.8 Å². The zero-order valence-corrected chi connectivity index (χ0v) is 16.6. The minimum atomic E-state index is -3.93. The van der Waals surface area contributed by atoms with E-state index in [0.29, 0.717) is 17.1 Å². The summed E-state index contributed by atoms with van der Waals surface area (Å²) >= 11 is 0. The van der Waals surface area contributed by atoms with Crippen molar-refractivity contribution in [2.75, 3.05) is 17.2 Å². The number of amides is 2. The lowest BCUT2D eigenvalue weighted by Crippen LogP contribution is -2.41. The standard InChI is InChI=1S/C19H20N4O5S/c1-13(19(25)22-16-3-7-17(8-4-16)28-12-11-20)23-29(26,27)18-9-5-15(6-10-18)21-14(2)24/h3-10,13,23H,12H2,1-2H3,(H,21,24)(H,22,25). The highest BCUT2D eigenvalue weighted by Crippen LogP contribution is 2.17. The zero-order chi connectivity index (χ0) is 21.4. The maximum atomic E-state index is 12.5. The Bertz CT molecular complexity index is 1010. The first-order chi connectivity index (χ1) is 13.7. The topological polar surface area (TPSA) is 137 Å². The van der Waals surface area contributed by atoms with E-state index < -0.39 is 22.0 Å². The van der Waals surface area contributed by atoms with E-state index >= 15 is 0 Å². The fraction of sp³-hybridized carbons (Fsp3) is 0.211. The fourth-order valence-corrected chi connectivity index (χ4v) is 3.48. The van der Waals surface area contributed by atoms with Crippen LogP contribution in [0.2, 0.25) is 0 Å². The lowest BCUT2D eigenvalue weighted by Gasteiger charge is -2.15. The molecule has 2 amide bonds. The summed E-state index contributed by atoms with van der Waals surface area (Å²) in [4.78, 5) is 23.3. The van der Waals surface area contributed by atoms with Crippen molar-refractivity contribution < 1.29 is 22.7 Å². The van der Waals surface area contributed by atoms with Crippen LogP contribution in [-0.2, 0) is 19.6 Å². The number of hydrogen-bond acceptors (Lipinski definition) is 6. The number of sulfonamides is 1. The van der Waals surface area contributed by atoms with Gasteiger partial charge in [-0.3, -0.25) is 9.59 Å². The molecule has 0 fully saturated rings. The van der Waals surface area contributed by atoms with E-state index in [1.165, 1.54) is 38.1 Å². The van der Waals surface area contributed by atoms with E-state index in [0.717, 1.165) is 0 Å². The van der Waals surface area contributed by atoms with Gasteiger partial charge in [-0.25, -0.2) is 8.42 Å². The van der Waals surface area contributed by atoms with Crippen LogP contribution in [0.3, 0.4) is 0 Å². The molecule has 1 unspecified atom stereocenters.